The summed E-state index contributed by atoms with van der Waals surface area (Å²) in [5, 5.41) is 0. The van der Waals surface area contributed by atoms with Gasteiger partial charge in [-0.1, -0.05) is 33.1 Å². The van der Waals surface area contributed by atoms with E-state index in [0.29, 0.717) is 6.61 Å². The van der Waals surface area contributed by atoms with Gasteiger partial charge in [0.05, 0.1) is 6.61 Å². The monoisotopic (exact) mass is 228 g/mol. The highest BCUT2D eigenvalue weighted by Gasteiger charge is 2.19. The molecule has 0 aliphatic carbocycles. The average Bonchev–Trinajstić information content (AvgIpc) is 2.24. The van der Waals surface area contributed by atoms with Crippen LogP contribution in [-0.2, 0) is 14.3 Å². The smallest absolute Gasteiger partial charge is 0.313 e. The summed E-state index contributed by atoms with van der Waals surface area (Å²) < 4.78 is 4.77. The lowest BCUT2D eigenvalue weighted by atomic mass is 9.92. The number of carbonyl (C=O) groups excluding carboxylic acids is 2. The lowest BCUT2D eigenvalue weighted by Crippen LogP contribution is -2.19. The summed E-state index contributed by atoms with van der Waals surface area (Å²) in [7, 11) is 0. The lowest BCUT2D eigenvalue weighted by molar-refractivity contribution is -0.146. The molecule has 0 saturated carbocycles. The molecule has 0 fully saturated rings. The van der Waals surface area contributed by atoms with Crippen molar-refractivity contribution in [3.8, 4) is 0 Å². The maximum Gasteiger partial charge on any atom is 0.313 e. The second-order valence-corrected chi connectivity index (χ2v) is 4.05. The minimum Gasteiger partial charge on any atom is -0.466 e. The Bertz CT molecular complexity index is 211. The Kier molecular flexibility index (Phi) is 8.87. The zero-order valence-corrected chi connectivity index (χ0v) is 10.8. The molecular formula is C13H24O3. The van der Waals surface area contributed by atoms with E-state index in [0.717, 1.165) is 32.1 Å². The summed E-state index contributed by atoms with van der Waals surface area (Å²) in [4.78, 5) is 22.9. The fourth-order valence-corrected chi connectivity index (χ4v) is 1.73. The van der Waals surface area contributed by atoms with Crippen molar-refractivity contribution in [3.63, 3.8) is 0 Å². The van der Waals surface area contributed by atoms with E-state index in [9.17, 15) is 9.59 Å². The van der Waals surface area contributed by atoms with Crippen molar-refractivity contribution in [2.24, 2.45) is 5.92 Å². The summed E-state index contributed by atoms with van der Waals surface area (Å²) in [6.07, 6.45) is 5.05. The van der Waals surface area contributed by atoms with E-state index in [1.165, 1.54) is 0 Å². The Hall–Kier alpha value is -0.860. The van der Waals surface area contributed by atoms with E-state index in [-0.39, 0.29) is 24.1 Å². The largest absolute Gasteiger partial charge is 0.466 e. The minimum absolute atomic E-state index is 0.0379. The summed E-state index contributed by atoms with van der Waals surface area (Å²) in [5.74, 6) is -0.311. The van der Waals surface area contributed by atoms with Crippen LogP contribution in [0.2, 0.25) is 0 Å². The summed E-state index contributed by atoms with van der Waals surface area (Å²) in [5.41, 5.74) is 0. The van der Waals surface area contributed by atoms with Crippen LogP contribution >= 0.6 is 0 Å². The number of hydrogen-bond donors (Lipinski definition) is 0. The predicted octanol–water partition coefficient (Wildman–Crippen LogP) is 3.12. The van der Waals surface area contributed by atoms with Gasteiger partial charge in [-0.15, -0.1) is 0 Å². The third kappa shape index (κ3) is 6.59. The third-order valence-electron chi connectivity index (χ3n) is 2.73. The van der Waals surface area contributed by atoms with Crippen molar-refractivity contribution in [2.75, 3.05) is 6.61 Å². The van der Waals surface area contributed by atoms with Gasteiger partial charge in [0.25, 0.3) is 0 Å². The molecule has 3 heteroatoms. The first-order valence-corrected chi connectivity index (χ1v) is 6.33. The number of carbonyl (C=O) groups is 2. The Morgan fingerprint density at radius 3 is 2.31 bits per heavy atom. The van der Waals surface area contributed by atoms with Gasteiger partial charge in [0, 0.05) is 5.92 Å². The zero-order chi connectivity index (χ0) is 12.4. The van der Waals surface area contributed by atoms with Gasteiger partial charge in [0.15, 0.2) is 0 Å². The van der Waals surface area contributed by atoms with E-state index >= 15 is 0 Å². The van der Waals surface area contributed by atoms with E-state index < -0.39 is 0 Å². The summed E-state index contributed by atoms with van der Waals surface area (Å²) in [6, 6.07) is 0. The molecule has 0 aliphatic rings. The van der Waals surface area contributed by atoms with Crippen LogP contribution in [-0.4, -0.2) is 18.4 Å². The Labute approximate surface area is 98.6 Å². The van der Waals surface area contributed by atoms with Crippen LogP contribution in [0.1, 0.15) is 59.3 Å². The molecule has 0 heterocycles. The molecule has 1 atom stereocenters. The molecular weight excluding hydrogens is 204 g/mol. The second kappa shape index (κ2) is 9.37. The number of rotatable bonds is 9. The van der Waals surface area contributed by atoms with Crippen LogP contribution in [0.15, 0.2) is 0 Å². The minimum atomic E-state index is -0.388. The van der Waals surface area contributed by atoms with Crippen molar-refractivity contribution < 1.29 is 14.3 Å². The van der Waals surface area contributed by atoms with Gasteiger partial charge in [0.2, 0.25) is 0 Å². The molecule has 0 aromatic rings. The van der Waals surface area contributed by atoms with Crippen LogP contribution in [0, 0.1) is 5.92 Å². The highest BCUT2D eigenvalue weighted by Crippen LogP contribution is 2.16. The number of esters is 1. The summed E-state index contributed by atoms with van der Waals surface area (Å²) in [6.45, 7) is 6.24. The Balaban J connectivity index is 3.95. The van der Waals surface area contributed by atoms with E-state index in [1.807, 2.05) is 6.92 Å². The van der Waals surface area contributed by atoms with E-state index in [1.54, 1.807) is 6.92 Å². The highest BCUT2D eigenvalue weighted by molar-refractivity contribution is 5.96. The van der Waals surface area contributed by atoms with Crippen molar-refractivity contribution in [3.05, 3.63) is 0 Å². The lowest BCUT2D eigenvalue weighted by Gasteiger charge is -2.12. The fourth-order valence-electron chi connectivity index (χ4n) is 1.73. The van der Waals surface area contributed by atoms with Crippen molar-refractivity contribution in [1.82, 2.24) is 0 Å². The molecule has 16 heavy (non-hydrogen) atoms. The van der Waals surface area contributed by atoms with Crippen molar-refractivity contribution >= 4 is 11.8 Å². The first kappa shape index (κ1) is 15.1. The molecule has 0 aromatic carbocycles. The zero-order valence-electron chi connectivity index (χ0n) is 10.8. The Morgan fingerprint density at radius 2 is 1.81 bits per heavy atom. The fraction of sp³-hybridized carbons (Fsp3) is 0.846. The SMILES string of the molecule is CCCCCC(CC)C(=O)CC(=O)OCC. The number of unbranched alkanes of at least 4 members (excludes halogenated alkanes) is 2. The number of ketones is 1. The van der Waals surface area contributed by atoms with Gasteiger partial charge in [-0.05, 0) is 19.8 Å². The second-order valence-electron chi connectivity index (χ2n) is 4.05. The highest BCUT2D eigenvalue weighted by atomic mass is 16.5. The average molecular weight is 228 g/mol. The standard InChI is InChI=1S/C13H24O3/c1-4-7-8-9-11(5-2)12(14)10-13(15)16-6-3/h11H,4-10H2,1-3H3. The Morgan fingerprint density at radius 1 is 1.12 bits per heavy atom. The van der Waals surface area contributed by atoms with Gasteiger partial charge >= 0.3 is 5.97 Å². The van der Waals surface area contributed by atoms with Gasteiger partial charge in [0.1, 0.15) is 12.2 Å². The van der Waals surface area contributed by atoms with Gasteiger partial charge in [-0.2, -0.15) is 0 Å². The third-order valence-corrected chi connectivity index (χ3v) is 2.73. The van der Waals surface area contributed by atoms with Crippen LogP contribution in [0.3, 0.4) is 0 Å². The molecule has 0 N–H and O–H groups in total. The number of Topliss-reactive ketones (excluding diaryl/α,β-unsaturated/α-hetero) is 1. The molecule has 0 saturated heterocycles. The molecule has 1 unspecified atom stereocenters. The van der Waals surface area contributed by atoms with Crippen LogP contribution < -0.4 is 0 Å². The van der Waals surface area contributed by atoms with Crippen LogP contribution in [0.4, 0.5) is 0 Å². The van der Waals surface area contributed by atoms with E-state index in [4.69, 9.17) is 4.74 Å². The maximum absolute atomic E-state index is 11.8. The molecule has 0 rings (SSSR count). The van der Waals surface area contributed by atoms with Crippen molar-refractivity contribution in [1.29, 1.82) is 0 Å². The normalized spacial score (nSPS) is 12.2. The van der Waals surface area contributed by atoms with Crippen LogP contribution in [0.25, 0.3) is 0 Å². The number of ether oxygens (including phenoxy) is 1. The van der Waals surface area contributed by atoms with Crippen molar-refractivity contribution in [2.45, 2.75) is 59.3 Å². The van der Waals surface area contributed by atoms with Crippen LogP contribution in [0.5, 0.6) is 0 Å². The summed E-state index contributed by atoms with van der Waals surface area (Å²) >= 11 is 0. The molecule has 0 radical (unpaired) electrons. The molecule has 0 spiro atoms. The molecule has 0 amide bonds. The maximum atomic E-state index is 11.8. The first-order chi connectivity index (χ1) is 7.65. The molecule has 94 valence electrons. The molecule has 0 aromatic heterocycles. The molecule has 3 nitrogen and oxygen atoms in total. The van der Waals surface area contributed by atoms with Gasteiger partial charge < -0.3 is 4.74 Å². The van der Waals surface area contributed by atoms with Gasteiger partial charge in [-0.25, -0.2) is 0 Å². The van der Waals surface area contributed by atoms with Gasteiger partial charge in [-0.3, -0.25) is 9.59 Å². The quantitative estimate of drug-likeness (QED) is 0.346. The molecule has 0 aliphatic heterocycles. The predicted molar refractivity (Wildman–Crippen MR) is 64.2 cm³/mol. The van der Waals surface area contributed by atoms with E-state index in [2.05, 4.69) is 6.92 Å². The topological polar surface area (TPSA) is 43.4 Å². The number of hydrogen-bond acceptors (Lipinski definition) is 3. The first-order valence-electron chi connectivity index (χ1n) is 6.33. The molecule has 0 bridgehead atoms.